The lowest BCUT2D eigenvalue weighted by Crippen LogP contribution is -2.09. The standard InChI is InChI=1S/C14H14N4/c15-7-6-12-10-11-4-1-2-5-13(11)17-14(12)18-9-3-8-16-18/h1-5,8-10H,6-7,15H2. The topological polar surface area (TPSA) is 56.7 Å². The molecule has 0 saturated carbocycles. The van der Waals surface area contributed by atoms with E-state index in [4.69, 9.17) is 5.73 Å². The van der Waals surface area contributed by atoms with E-state index in [1.54, 1.807) is 10.9 Å². The van der Waals surface area contributed by atoms with Crippen LogP contribution in [0.2, 0.25) is 0 Å². The summed E-state index contributed by atoms with van der Waals surface area (Å²) in [5.41, 5.74) is 7.77. The third-order valence-electron chi connectivity index (χ3n) is 2.92. The zero-order valence-corrected chi connectivity index (χ0v) is 9.95. The molecule has 0 unspecified atom stereocenters. The van der Waals surface area contributed by atoms with Crippen molar-refractivity contribution in [3.05, 3.63) is 54.4 Å². The molecule has 0 amide bonds. The van der Waals surface area contributed by atoms with E-state index in [1.807, 2.05) is 30.5 Å². The van der Waals surface area contributed by atoms with Crippen LogP contribution >= 0.6 is 0 Å². The fourth-order valence-electron chi connectivity index (χ4n) is 2.08. The molecule has 0 saturated heterocycles. The van der Waals surface area contributed by atoms with Gasteiger partial charge >= 0.3 is 0 Å². The fraction of sp³-hybridized carbons (Fsp3) is 0.143. The second kappa shape index (κ2) is 4.58. The van der Waals surface area contributed by atoms with E-state index in [-0.39, 0.29) is 0 Å². The van der Waals surface area contributed by atoms with E-state index < -0.39 is 0 Å². The van der Waals surface area contributed by atoms with Gasteiger partial charge in [0.15, 0.2) is 5.82 Å². The zero-order valence-electron chi connectivity index (χ0n) is 9.95. The molecular formula is C14H14N4. The Morgan fingerprint density at radius 1 is 1.17 bits per heavy atom. The SMILES string of the molecule is NCCc1cc2ccccc2nc1-n1cccn1. The minimum absolute atomic E-state index is 0.605. The molecule has 3 aromatic rings. The van der Waals surface area contributed by atoms with Crippen molar-refractivity contribution in [1.82, 2.24) is 14.8 Å². The number of pyridine rings is 1. The highest BCUT2D eigenvalue weighted by Gasteiger charge is 2.08. The van der Waals surface area contributed by atoms with Gasteiger partial charge in [0.25, 0.3) is 0 Å². The fourth-order valence-corrected chi connectivity index (χ4v) is 2.08. The molecule has 0 aliphatic heterocycles. The van der Waals surface area contributed by atoms with E-state index >= 15 is 0 Å². The van der Waals surface area contributed by atoms with Gasteiger partial charge in [-0.05, 0) is 36.7 Å². The van der Waals surface area contributed by atoms with Crippen LogP contribution in [0.25, 0.3) is 16.7 Å². The number of hydrogen-bond donors (Lipinski definition) is 1. The van der Waals surface area contributed by atoms with Gasteiger partial charge in [0, 0.05) is 17.8 Å². The van der Waals surface area contributed by atoms with Crippen molar-refractivity contribution in [1.29, 1.82) is 0 Å². The van der Waals surface area contributed by atoms with Gasteiger partial charge < -0.3 is 5.73 Å². The van der Waals surface area contributed by atoms with Crippen LogP contribution in [0.1, 0.15) is 5.56 Å². The molecule has 0 bridgehead atoms. The molecule has 2 heterocycles. The third-order valence-corrected chi connectivity index (χ3v) is 2.92. The quantitative estimate of drug-likeness (QED) is 0.758. The van der Waals surface area contributed by atoms with E-state index in [1.165, 1.54) is 0 Å². The summed E-state index contributed by atoms with van der Waals surface area (Å²) in [5.74, 6) is 0.865. The predicted molar refractivity (Wildman–Crippen MR) is 71.6 cm³/mol. The summed E-state index contributed by atoms with van der Waals surface area (Å²) in [7, 11) is 0. The number of fused-ring (bicyclic) bond motifs is 1. The summed E-state index contributed by atoms with van der Waals surface area (Å²) < 4.78 is 1.79. The van der Waals surface area contributed by atoms with Crippen molar-refractivity contribution in [3.63, 3.8) is 0 Å². The van der Waals surface area contributed by atoms with Crippen molar-refractivity contribution in [2.75, 3.05) is 6.54 Å². The number of para-hydroxylation sites is 1. The van der Waals surface area contributed by atoms with Gasteiger partial charge in [0.1, 0.15) is 0 Å². The number of nitrogens with two attached hydrogens (primary N) is 1. The number of nitrogens with zero attached hydrogens (tertiary/aromatic N) is 3. The Hall–Kier alpha value is -2.20. The van der Waals surface area contributed by atoms with Gasteiger partial charge in [-0.1, -0.05) is 18.2 Å². The largest absolute Gasteiger partial charge is 0.330 e. The van der Waals surface area contributed by atoms with Crippen molar-refractivity contribution >= 4 is 10.9 Å². The molecule has 3 rings (SSSR count). The summed E-state index contributed by atoms with van der Waals surface area (Å²) in [6.07, 6.45) is 4.45. The third kappa shape index (κ3) is 1.87. The highest BCUT2D eigenvalue weighted by molar-refractivity contribution is 5.80. The molecule has 4 heteroatoms. The van der Waals surface area contributed by atoms with Crippen LogP contribution < -0.4 is 5.73 Å². The number of aromatic nitrogens is 3. The molecule has 18 heavy (non-hydrogen) atoms. The molecule has 0 atom stereocenters. The Labute approximate surface area is 105 Å². The number of benzene rings is 1. The van der Waals surface area contributed by atoms with Gasteiger partial charge in [-0.15, -0.1) is 0 Å². The summed E-state index contributed by atoms with van der Waals surface area (Å²) in [4.78, 5) is 4.68. The summed E-state index contributed by atoms with van der Waals surface area (Å²) in [6, 6.07) is 12.1. The summed E-state index contributed by atoms with van der Waals surface area (Å²) in [5, 5.41) is 5.39. The average molecular weight is 238 g/mol. The van der Waals surface area contributed by atoms with E-state index in [0.29, 0.717) is 6.54 Å². The Morgan fingerprint density at radius 2 is 2.06 bits per heavy atom. The van der Waals surface area contributed by atoms with Crippen molar-refractivity contribution in [3.8, 4) is 5.82 Å². The number of hydrogen-bond acceptors (Lipinski definition) is 3. The highest BCUT2D eigenvalue weighted by Crippen LogP contribution is 2.19. The zero-order chi connectivity index (χ0) is 12.4. The van der Waals surface area contributed by atoms with Crippen molar-refractivity contribution in [2.45, 2.75) is 6.42 Å². The molecule has 2 aromatic heterocycles. The lowest BCUT2D eigenvalue weighted by atomic mass is 10.1. The Morgan fingerprint density at radius 3 is 2.83 bits per heavy atom. The second-order valence-electron chi connectivity index (χ2n) is 4.15. The van der Waals surface area contributed by atoms with Gasteiger partial charge in [-0.25, -0.2) is 9.67 Å². The minimum atomic E-state index is 0.605. The van der Waals surface area contributed by atoms with Gasteiger partial charge in [0.2, 0.25) is 0 Å². The van der Waals surface area contributed by atoms with Crippen LogP contribution in [0.15, 0.2) is 48.8 Å². The molecule has 0 radical (unpaired) electrons. The number of rotatable bonds is 3. The molecule has 2 N–H and O–H groups in total. The second-order valence-corrected chi connectivity index (χ2v) is 4.15. The van der Waals surface area contributed by atoms with E-state index in [2.05, 4.69) is 22.2 Å². The molecule has 4 nitrogen and oxygen atoms in total. The molecule has 0 aliphatic carbocycles. The first kappa shape index (κ1) is 10.9. The first-order valence-corrected chi connectivity index (χ1v) is 5.97. The first-order valence-electron chi connectivity index (χ1n) is 5.97. The minimum Gasteiger partial charge on any atom is -0.330 e. The lowest BCUT2D eigenvalue weighted by Gasteiger charge is -2.09. The normalized spacial score (nSPS) is 10.9. The molecule has 0 aliphatic rings. The molecule has 0 spiro atoms. The van der Waals surface area contributed by atoms with Crippen molar-refractivity contribution in [2.24, 2.45) is 5.73 Å². The molecular weight excluding hydrogens is 224 g/mol. The summed E-state index contributed by atoms with van der Waals surface area (Å²) in [6.45, 7) is 0.605. The Balaban J connectivity index is 2.24. The molecule has 1 aromatic carbocycles. The van der Waals surface area contributed by atoms with Crippen LogP contribution in [0, 0.1) is 0 Å². The molecule has 90 valence electrons. The Kier molecular flexibility index (Phi) is 2.78. The predicted octanol–water partition coefficient (Wildman–Crippen LogP) is 1.92. The van der Waals surface area contributed by atoms with Crippen LogP contribution in [0.3, 0.4) is 0 Å². The van der Waals surface area contributed by atoms with E-state index in [9.17, 15) is 0 Å². The maximum absolute atomic E-state index is 5.67. The van der Waals surface area contributed by atoms with Crippen LogP contribution in [-0.2, 0) is 6.42 Å². The highest BCUT2D eigenvalue weighted by atomic mass is 15.3. The average Bonchev–Trinajstić information content (AvgIpc) is 2.92. The van der Waals surface area contributed by atoms with Crippen molar-refractivity contribution < 1.29 is 0 Å². The summed E-state index contributed by atoms with van der Waals surface area (Å²) >= 11 is 0. The maximum atomic E-state index is 5.67. The van der Waals surface area contributed by atoms with Crippen LogP contribution in [0.5, 0.6) is 0 Å². The smallest absolute Gasteiger partial charge is 0.157 e. The van der Waals surface area contributed by atoms with Gasteiger partial charge in [-0.3, -0.25) is 0 Å². The van der Waals surface area contributed by atoms with Crippen LogP contribution in [0.4, 0.5) is 0 Å². The Bertz CT molecular complexity index is 659. The lowest BCUT2D eigenvalue weighted by molar-refractivity contribution is 0.824. The van der Waals surface area contributed by atoms with E-state index in [0.717, 1.165) is 28.7 Å². The maximum Gasteiger partial charge on any atom is 0.157 e. The van der Waals surface area contributed by atoms with Gasteiger partial charge in [-0.2, -0.15) is 5.10 Å². The molecule has 0 fully saturated rings. The van der Waals surface area contributed by atoms with Crippen LogP contribution in [-0.4, -0.2) is 21.3 Å². The first-order chi connectivity index (χ1) is 8.88. The monoisotopic (exact) mass is 238 g/mol. The van der Waals surface area contributed by atoms with Gasteiger partial charge in [0.05, 0.1) is 5.52 Å².